The van der Waals surface area contributed by atoms with E-state index in [1.807, 2.05) is 13.8 Å². The molecule has 0 saturated carbocycles. The van der Waals surface area contributed by atoms with Gasteiger partial charge in [-0.3, -0.25) is 4.99 Å². The van der Waals surface area contributed by atoms with Gasteiger partial charge in [-0.15, -0.1) is 0 Å². The van der Waals surface area contributed by atoms with Crippen molar-refractivity contribution in [1.82, 2.24) is 14.5 Å². The number of piperazine rings is 1. The molecular formula is C22H35N5O3S. The number of sulfonamides is 1. The highest BCUT2D eigenvalue weighted by Crippen LogP contribution is 2.17. The fraction of sp³-hybridized carbons (Fsp3) is 0.591. The Balaban J connectivity index is 1.46. The lowest BCUT2D eigenvalue weighted by Crippen LogP contribution is -2.54. The number of ether oxygens (including phenoxy) is 1. The lowest BCUT2D eigenvalue weighted by molar-refractivity contribution is 0.0904. The Morgan fingerprint density at radius 2 is 1.74 bits per heavy atom. The Morgan fingerprint density at radius 3 is 2.32 bits per heavy atom. The van der Waals surface area contributed by atoms with Crippen molar-refractivity contribution in [3.05, 3.63) is 42.0 Å². The number of rotatable bonds is 8. The number of aliphatic imine (C=N–C) groups is 1. The van der Waals surface area contributed by atoms with Crippen molar-refractivity contribution in [2.75, 3.05) is 63.6 Å². The van der Waals surface area contributed by atoms with Crippen LogP contribution in [-0.4, -0.2) is 88.4 Å². The molecule has 1 aromatic carbocycles. The summed E-state index contributed by atoms with van der Waals surface area (Å²) in [5.41, 5.74) is 2.41. The zero-order valence-electron chi connectivity index (χ0n) is 18.8. The Hall–Kier alpha value is -2.10. The first-order valence-electron chi connectivity index (χ1n) is 10.9. The summed E-state index contributed by atoms with van der Waals surface area (Å²) in [7, 11) is -1.53. The molecule has 3 rings (SSSR count). The third-order valence-corrected chi connectivity index (χ3v) is 7.34. The maximum absolute atomic E-state index is 12.5. The number of benzene rings is 1. The first kappa shape index (κ1) is 23.6. The zero-order chi connectivity index (χ0) is 22.3. The molecule has 31 heavy (non-hydrogen) atoms. The van der Waals surface area contributed by atoms with Crippen LogP contribution in [0.3, 0.4) is 0 Å². The molecule has 2 aliphatic rings. The molecule has 0 spiro atoms. The van der Waals surface area contributed by atoms with Gasteiger partial charge in [0.2, 0.25) is 10.0 Å². The van der Waals surface area contributed by atoms with Gasteiger partial charge in [0.1, 0.15) is 0 Å². The molecule has 172 valence electrons. The summed E-state index contributed by atoms with van der Waals surface area (Å²) in [6.07, 6.45) is 4.41. The Bertz CT molecular complexity index is 852. The molecule has 1 aromatic rings. The second-order valence-electron chi connectivity index (χ2n) is 8.07. The predicted octanol–water partition coefficient (Wildman–Crippen LogP) is 1.51. The van der Waals surface area contributed by atoms with Crippen molar-refractivity contribution in [2.24, 2.45) is 4.99 Å². The van der Waals surface area contributed by atoms with Gasteiger partial charge in [-0.05, 0) is 31.5 Å². The third-order valence-electron chi connectivity index (χ3n) is 5.51. The van der Waals surface area contributed by atoms with Crippen LogP contribution < -0.4 is 10.2 Å². The van der Waals surface area contributed by atoms with Crippen LogP contribution in [0, 0.1) is 0 Å². The van der Waals surface area contributed by atoms with Crippen molar-refractivity contribution >= 4 is 21.7 Å². The monoisotopic (exact) mass is 449 g/mol. The molecule has 0 amide bonds. The van der Waals surface area contributed by atoms with Gasteiger partial charge in [0.25, 0.3) is 0 Å². The Kier molecular flexibility index (Phi) is 8.34. The molecular weight excluding hydrogens is 414 g/mol. The minimum atomic E-state index is -3.29. The second kappa shape index (κ2) is 11.0. The Labute approximate surface area is 186 Å². The SMILES string of the molecule is CN=C(NCc1ccc(N2CC=CC2)cc1)N1CCN(S(=O)(=O)CCOC(C)C)CC1. The molecule has 2 aliphatic heterocycles. The maximum atomic E-state index is 12.5. The summed E-state index contributed by atoms with van der Waals surface area (Å²) in [6, 6.07) is 8.58. The molecule has 0 bridgehead atoms. The van der Waals surface area contributed by atoms with Gasteiger partial charge in [0.05, 0.1) is 18.5 Å². The van der Waals surface area contributed by atoms with E-state index in [4.69, 9.17) is 4.74 Å². The number of anilines is 1. The molecule has 0 aliphatic carbocycles. The summed E-state index contributed by atoms with van der Waals surface area (Å²) >= 11 is 0. The molecule has 8 nitrogen and oxygen atoms in total. The minimum Gasteiger partial charge on any atom is -0.378 e. The molecule has 1 N–H and O–H groups in total. The van der Waals surface area contributed by atoms with E-state index in [0.717, 1.165) is 19.0 Å². The largest absolute Gasteiger partial charge is 0.378 e. The van der Waals surface area contributed by atoms with E-state index in [2.05, 4.69) is 56.5 Å². The maximum Gasteiger partial charge on any atom is 0.216 e. The van der Waals surface area contributed by atoms with Gasteiger partial charge in [-0.1, -0.05) is 24.3 Å². The van der Waals surface area contributed by atoms with Crippen LogP contribution in [-0.2, 0) is 21.3 Å². The van der Waals surface area contributed by atoms with Crippen LogP contribution in [0.2, 0.25) is 0 Å². The summed E-state index contributed by atoms with van der Waals surface area (Å²) in [5.74, 6) is 0.828. The van der Waals surface area contributed by atoms with Crippen molar-refractivity contribution in [1.29, 1.82) is 0 Å². The fourth-order valence-corrected chi connectivity index (χ4v) is 5.01. The summed E-state index contributed by atoms with van der Waals surface area (Å²) in [5, 5.41) is 3.41. The highest BCUT2D eigenvalue weighted by atomic mass is 32.2. The first-order chi connectivity index (χ1) is 14.9. The number of nitrogens with zero attached hydrogens (tertiary/aromatic N) is 4. The number of hydrogen-bond donors (Lipinski definition) is 1. The van der Waals surface area contributed by atoms with Gasteiger partial charge in [-0.2, -0.15) is 4.31 Å². The van der Waals surface area contributed by atoms with E-state index in [0.29, 0.717) is 32.7 Å². The van der Waals surface area contributed by atoms with Gasteiger partial charge in [0, 0.05) is 58.5 Å². The lowest BCUT2D eigenvalue weighted by Gasteiger charge is -2.35. The smallest absolute Gasteiger partial charge is 0.216 e. The van der Waals surface area contributed by atoms with Crippen LogP contribution in [0.1, 0.15) is 19.4 Å². The average molecular weight is 450 g/mol. The zero-order valence-corrected chi connectivity index (χ0v) is 19.6. The first-order valence-corrected chi connectivity index (χ1v) is 12.5. The van der Waals surface area contributed by atoms with Crippen molar-refractivity contribution in [3.63, 3.8) is 0 Å². The molecule has 1 saturated heterocycles. The topological polar surface area (TPSA) is 77.5 Å². The summed E-state index contributed by atoms with van der Waals surface area (Å²) < 4.78 is 32.0. The lowest BCUT2D eigenvalue weighted by atomic mass is 10.2. The van der Waals surface area contributed by atoms with Crippen molar-refractivity contribution in [3.8, 4) is 0 Å². The molecule has 0 aromatic heterocycles. The quantitative estimate of drug-likeness (QED) is 0.368. The fourth-order valence-electron chi connectivity index (χ4n) is 3.72. The van der Waals surface area contributed by atoms with Crippen LogP contribution in [0.5, 0.6) is 0 Å². The number of guanidine groups is 1. The molecule has 1 fully saturated rings. The van der Waals surface area contributed by atoms with Crippen LogP contribution in [0.4, 0.5) is 5.69 Å². The van der Waals surface area contributed by atoms with Crippen LogP contribution >= 0.6 is 0 Å². The molecule has 9 heteroatoms. The van der Waals surface area contributed by atoms with Gasteiger partial charge < -0.3 is 19.9 Å². The number of hydrogen-bond acceptors (Lipinski definition) is 5. The van der Waals surface area contributed by atoms with E-state index < -0.39 is 10.0 Å². The summed E-state index contributed by atoms with van der Waals surface area (Å²) in [4.78, 5) is 8.82. The van der Waals surface area contributed by atoms with Crippen molar-refractivity contribution in [2.45, 2.75) is 26.5 Å². The van der Waals surface area contributed by atoms with Crippen LogP contribution in [0.15, 0.2) is 41.4 Å². The normalized spacial score (nSPS) is 18.3. The molecule has 0 unspecified atom stereocenters. The predicted molar refractivity (Wildman–Crippen MR) is 126 cm³/mol. The van der Waals surface area contributed by atoms with Gasteiger partial charge in [-0.25, -0.2) is 8.42 Å². The number of nitrogens with one attached hydrogen (secondary N) is 1. The van der Waals surface area contributed by atoms with Crippen molar-refractivity contribution < 1.29 is 13.2 Å². The van der Waals surface area contributed by atoms with E-state index in [1.165, 1.54) is 11.3 Å². The minimum absolute atomic E-state index is 0.0294. The average Bonchev–Trinajstić information content (AvgIpc) is 3.29. The molecule has 0 radical (unpaired) electrons. The summed E-state index contributed by atoms with van der Waals surface area (Å²) in [6.45, 7) is 8.81. The third kappa shape index (κ3) is 6.69. The highest BCUT2D eigenvalue weighted by molar-refractivity contribution is 7.89. The van der Waals surface area contributed by atoms with Crippen LogP contribution in [0.25, 0.3) is 0 Å². The molecule has 2 heterocycles. The molecule has 0 atom stereocenters. The van der Waals surface area contributed by atoms with Gasteiger partial charge in [0.15, 0.2) is 5.96 Å². The van der Waals surface area contributed by atoms with E-state index >= 15 is 0 Å². The highest BCUT2D eigenvalue weighted by Gasteiger charge is 2.28. The Morgan fingerprint density at radius 1 is 1.10 bits per heavy atom. The second-order valence-corrected chi connectivity index (χ2v) is 10.2. The van der Waals surface area contributed by atoms with E-state index in [1.54, 1.807) is 11.4 Å². The van der Waals surface area contributed by atoms with E-state index in [-0.39, 0.29) is 18.5 Å². The van der Waals surface area contributed by atoms with Gasteiger partial charge >= 0.3 is 0 Å². The standard InChI is InChI=1S/C22H35N5O3S/c1-19(2)30-16-17-31(28,29)27-14-12-26(13-15-27)22(23-3)24-18-20-6-8-21(9-7-20)25-10-4-5-11-25/h4-9,19H,10-18H2,1-3H3,(H,23,24). The van der Waals surface area contributed by atoms with E-state index in [9.17, 15) is 8.42 Å².